The highest BCUT2D eigenvalue weighted by Crippen LogP contribution is 2.33. The molecule has 2 heterocycles. The van der Waals surface area contributed by atoms with Gasteiger partial charge < -0.3 is 30.3 Å². The minimum Gasteiger partial charge on any atom is -0.494 e. The molecule has 3 aromatic carbocycles. The molecule has 8 nitrogen and oxygen atoms in total. The fourth-order valence-corrected chi connectivity index (χ4v) is 5.04. The lowest BCUT2D eigenvalue weighted by Crippen LogP contribution is -2.30. The van der Waals surface area contributed by atoms with Crippen molar-refractivity contribution in [1.29, 1.82) is 0 Å². The van der Waals surface area contributed by atoms with Gasteiger partial charge in [0.15, 0.2) is 0 Å². The molecule has 0 saturated carbocycles. The number of aromatic nitrogens is 2. The number of likely N-dealkylation sites (tertiary alicyclic amines) is 1. The lowest BCUT2D eigenvalue weighted by atomic mass is 9.94. The molecule has 4 aromatic rings. The Morgan fingerprint density at radius 3 is 2.62 bits per heavy atom. The number of nitrogens with two attached hydrogens (primary N) is 1. The Hall–Kier alpha value is -4.30. The van der Waals surface area contributed by atoms with Gasteiger partial charge in [0.25, 0.3) is 0 Å². The SMILES string of the molecule is C=CN(C)c1ccc(Oc2ccc(Nc3ncnc4ccc(OCCC5CCN(C)CC5)cc34)cc2C)cc1N. The number of nitrogen functional groups attached to an aromatic ring is 1. The molecule has 0 radical (unpaired) electrons. The maximum atomic E-state index is 6.22. The van der Waals surface area contributed by atoms with Crippen LogP contribution in [0, 0.1) is 12.8 Å². The zero-order valence-corrected chi connectivity index (χ0v) is 23.6. The maximum absolute atomic E-state index is 6.22. The summed E-state index contributed by atoms with van der Waals surface area (Å²) in [7, 11) is 4.10. The van der Waals surface area contributed by atoms with E-state index in [9.17, 15) is 0 Å². The van der Waals surface area contributed by atoms with Crippen molar-refractivity contribution in [3.63, 3.8) is 0 Å². The number of aryl methyl sites for hydroxylation is 1. The van der Waals surface area contributed by atoms with Gasteiger partial charge in [0, 0.05) is 24.2 Å². The van der Waals surface area contributed by atoms with Crippen LogP contribution in [-0.4, -0.2) is 48.7 Å². The highest BCUT2D eigenvalue weighted by molar-refractivity contribution is 5.91. The predicted molar refractivity (Wildman–Crippen MR) is 164 cm³/mol. The van der Waals surface area contributed by atoms with E-state index in [1.54, 1.807) is 12.5 Å². The first-order chi connectivity index (χ1) is 19.4. The molecule has 40 heavy (non-hydrogen) atoms. The standard InChI is InChI=1S/C32H38N6O2/c1-5-38(4)30-10-8-26(20-28(30)33)40-31-11-6-24(18-22(31)2)36-32-27-19-25(7-9-29(27)34-21-35-32)39-17-14-23-12-15-37(3)16-13-23/h5-11,18-21,23H,1,12-17,33H2,2-4H3,(H,34,35,36). The summed E-state index contributed by atoms with van der Waals surface area (Å²) in [4.78, 5) is 13.2. The third kappa shape index (κ3) is 6.46. The largest absolute Gasteiger partial charge is 0.494 e. The van der Waals surface area contributed by atoms with Crippen molar-refractivity contribution in [2.45, 2.75) is 26.2 Å². The average Bonchev–Trinajstić information content (AvgIpc) is 2.95. The quantitative estimate of drug-likeness (QED) is 0.215. The Balaban J connectivity index is 1.26. The van der Waals surface area contributed by atoms with Gasteiger partial charge in [-0.25, -0.2) is 9.97 Å². The van der Waals surface area contributed by atoms with E-state index < -0.39 is 0 Å². The van der Waals surface area contributed by atoms with Crippen molar-refractivity contribution in [2.24, 2.45) is 5.92 Å². The summed E-state index contributed by atoms with van der Waals surface area (Å²) in [5.74, 6) is 3.73. The first-order valence-corrected chi connectivity index (χ1v) is 13.8. The van der Waals surface area contributed by atoms with Gasteiger partial charge >= 0.3 is 0 Å². The Morgan fingerprint density at radius 1 is 1.07 bits per heavy atom. The lowest BCUT2D eigenvalue weighted by Gasteiger charge is -2.28. The number of benzene rings is 3. The molecule has 1 fully saturated rings. The molecule has 208 valence electrons. The third-order valence-corrected chi connectivity index (χ3v) is 7.56. The van der Waals surface area contributed by atoms with E-state index in [1.165, 1.54) is 25.9 Å². The normalized spacial score (nSPS) is 14.2. The highest BCUT2D eigenvalue weighted by Gasteiger charge is 2.16. The Bertz CT molecular complexity index is 1480. The van der Waals surface area contributed by atoms with Crippen LogP contribution in [0.4, 0.5) is 22.9 Å². The van der Waals surface area contributed by atoms with Gasteiger partial charge in [0.05, 0.1) is 23.5 Å². The predicted octanol–water partition coefficient (Wildman–Crippen LogP) is 6.75. The van der Waals surface area contributed by atoms with Crippen molar-refractivity contribution >= 4 is 33.8 Å². The van der Waals surface area contributed by atoms with Gasteiger partial charge in [-0.3, -0.25) is 0 Å². The zero-order valence-electron chi connectivity index (χ0n) is 23.6. The summed E-state index contributed by atoms with van der Waals surface area (Å²) in [5, 5.41) is 4.37. The number of anilines is 4. The van der Waals surface area contributed by atoms with Crippen LogP contribution >= 0.6 is 0 Å². The number of nitrogens with one attached hydrogen (secondary N) is 1. The smallest absolute Gasteiger partial charge is 0.141 e. The van der Waals surface area contributed by atoms with Crippen LogP contribution in [0.1, 0.15) is 24.8 Å². The van der Waals surface area contributed by atoms with Crippen molar-refractivity contribution in [3.05, 3.63) is 79.3 Å². The number of nitrogens with zero attached hydrogens (tertiary/aromatic N) is 4. The molecule has 3 N–H and O–H groups in total. The Morgan fingerprint density at radius 2 is 1.88 bits per heavy atom. The van der Waals surface area contributed by atoms with Crippen LogP contribution < -0.4 is 25.4 Å². The number of ether oxygens (including phenoxy) is 2. The first kappa shape index (κ1) is 27.3. The van der Waals surface area contributed by atoms with Crippen molar-refractivity contribution < 1.29 is 9.47 Å². The molecular formula is C32H38N6O2. The van der Waals surface area contributed by atoms with E-state index in [0.29, 0.717) is 11.4 Å². The first-order valence-electron chi connectivity index (χ1n) is 13.8. The Labute approximate surface area is 236 Å². The number of piperidine rings is 1. The van der Waals surface area contributed by atoms with E-state index in [1.807, 2.05) is 73.5 Å². The third-order valence-electron chi connectivity index (χ3n) is 7.56. The molecule has 0 unspecified atom stereocenters. The van der Waals surface area contributed by atoms with Gasteiger partial charge in [-0.15, -0.1) is 0 Å². The molecule has 1 aliphatic rings. The van der Waals surface area contributed by atoms with Crippen LogP contribution in [0.15, 0.2) is 73.7 Å². The molecular weight excluding hydrogens is 500 g/mol. The summed E-state index contributed by atoms with van der Waals surface area (Å²) >= 11 is 0. The molecule has 0 atom stereocenters. The number of hydrogen-bond donors (Lipinski definition) is 2. The number of fused-ring (bicyclic) bond motifs is 1. The number of rotatable bonds is 10. The van der Waals surface area contributed by atoms with E-state index in [0.717, 1.165) is 64.1 Å². The van der Waals surface area contributed by atoms with E-state index in [4.69, 9.17) is 15.2 Å². The second kappa shape index (κ2) is 12.3. The summed E-state index contributed by atoms with van der Waals surface area (Å²) in [6, 6.07) is 17.6. The summed E-state index contributed by atoms with van der Waals surface area (Å²) in [5.41, 5.74) is 10.5. The lowest BCUT2D eigenvalue weighted by molar-refractivity contribution is 0.187. The van der Waals surface area contributed by atoms with Gasteiger partial charge in [-0.1, -0.05) is 6.58 Å². The Kier molecular flexibility index (Phi) is 8.36. The molecule has 8 heteroatoms. The molecule has 0 spiro atoms. The second-order valence-corrected chi connectivity index (χ2v) is 10.5. The fourth-order valence-electron chi connectivity index (χ4n) is 5.04. The highest BCUT2D eigenvalue weighted by atomic mass is 16.5. The second-order valence-electron chi connectivity index (χ2n) is 10.5. The minimum absolute atomic E-state index is 0.622. The minimum atomic E-state index is 0.622. The van der Waals surface area contributed by atoms with Crippen molar-refractivity contribution in [1.82, 2.24) is 14.9 Å². The van der Waals surface area contributed by atoms with Gasteiger partial charge in [-0.05, 0) is 113 Å². The number of hydrogen-bond acceptors (Lipinski definition) is 8. The summed E-state index contributed by atoms with van der Waals surface area (Å²) < 4.78 is 12.3. The fraction of sp³-hybridized carbons (Fsp3) is 0.312. The molecule has 1 saturated heterocycles. The van der Waals surface area contributed by atoms with E-state index in [2.05, 4.69) is 33.8 Å². The van der Waals surface area contributed by atoms with Gasteiger partial charge in [0.2, 0.25) is 0 Å². The summed E-state index contributed by atoms with van der Waals surface area (Å²) in [6.45, 7) is 8.87. The van der Waals surface area contributed by atoms with E-state index >= 15 is 0 Å². The summed E-state index contributed by atoms with van der Waals surface area (Å²) in [6.07, 6.45) is 6.87. The van der Waals surface area contributed by atoms with Crippen molar-refractivity contribution in [2.75, 3.05) is 49.7 Å². The zero-order chi connectivity index (χ0) is 28.1. The molecule has 0 bridgehead atoms. The van der Waals surface area contributed by atoms with Crippen LogP contribution in [-0.2, 0) is 0 Å². The molecule has 0 aliphatic carbocycles. The molecule has 1 aliphatic heterocycles. The molecule has 0 amide bonds. The monoisotopic (exact) mass is 538 g/mol. The van der Waals surface area contributed by atoms with Crippen LogP contribution in [0.5, 0.6) is 17.2 Å². The van der Waals surface area contributed by atoms with Gasteiger partial charge in [0.1, 0.15) is 29.4 Å². The topological polar surface area (TPSA) is 88.8 Å². The van der Waals surface area contributed by atoms with Crippen LogP contribution in [0.25, 0.3) is 10.9 Å². The van der Waals surface area contributed by atoms with E-state index in [-0.39, 0.29) is 0 Å². The average molecular weight is 539 g/mol. The molecule has 5 rings (SSSR count). The van der Waals surface area contributed by atoms with Crippen molar-refractivity contribution in [3.8, 4) is 17.2 Å². The van der Waals surface area contributed by atoms with Gasteiger partial charge in [-0.2, -0.15) is 0 Å². The molecule has 1 aromatic heterocycles. The van der Waals surface area contributed by atoms with Crippen LogP contribution in [0.3, 0.4) is 0 Å². The van der Waals surface area contributed by atoms with Crippen LogP contribution in [0.2, 0.25) is 0 Å². The maximum Gasteiger partial charge on any atom is 0.141 e.